The molecule has 0 radical (unpaired) electrons. The van der Waals surface area contributed by atoms with Gasteiger partial charge in [-0.2, -0.15) is 0 Å². The molecule has 0 fully saturated rings. The van der Waals surface area contributed by atoms with E-state index >= 15 is 0 Å². The van der Waals surface area contributed by atoms with Crippen molar-refractivity contribution in [3.05, 3.63) is 65.2 Å². The van der Waals surface area contributed by atoms with Crippen LogP contribution in [0.15, 0.2) is 53.4 Å². The first-order valence-electron chi connectivity index (χ1n) is 10.1. The molecule has 0 aromatic heterocycles. The van der Waals surface area contributed by atoms with Crippen LogP contribution >= 0.6 is 0 Å². The molecule has 1 aliphatic heterocycles. The van der Waals surface area contributed by atoms with Crippen LogP contribution in [0.1, 0.15) is 68.1 Å². The van der Waals surface area contributed by atoms with E-state index in [2.05, 4.69) is 38.2 Å². The first kappa shape index (κ1) is 22.0. The van der Waals surface area contributed by atoms with Gasteiger partial charge in [0.25, 0.3) is 15.9 Å². The number of rotatable bonds is 6. The number of carbonyl (C=O) groups excluding carboxylic acids is 2. The third kappa shape index (κ3) is 4.41. The maximum Gasteiger partial charge on any atom is 0.269 e. The quantitative estimate of drug-likeness (QED) is 0.759. The van der Waals surface area contributed by atoms with Crippen LogP contribution < -0.4 is 5.32 Å². The second-order valence-corrected chi connectivity index (χ2v) is 10.5. The largest absolute Gasteiger partial charge is 0.350 e. The molecule has 0 spiro atoms. The van der Waals surface area contributed by atoms with E-state index in [0.29, 0.717) is 0 Å². The first-order chi connectivity index (χ1) is 14.0. The zero-order valence-corrected chi connectivity index (χ0v) is 18.6. The summed E-state index contributed by atoms with van der Waals surface area (Å²) >= 11 is 0. The number of carbonyl (C=O) groups is 2. The molecular formula is C23H28N2O4S. The van der Waals surface area contributed by atoms with E-state index in [4.69, 9.17) is 0 Å². The van der Waals surface area contributed by atoms with Crippen molar-refractivity contribution in [3.8, 4) is 0 Å². The molecule has 0 unspecified atom stereocenters. The summed E-state index contributed by atoms with van der Waals surface area (Å²) in [6, 6.07) is 14.2. The van der Waals surface area contributed by atoms with Crippen LogP contribution in [0, 0.1) is 0 Å². The van der Waals surface area contributed by atoms with E-state index in [-0.39, 0.29) is 47.2 Å². The summed E-state index contributed by atoms with van der Waals surface area (Å²) in [5.74, 6) is -0.706. The van der Waals surface area contributed by atoms with Crippen LogP contribution in [0.2, 0.25) is 0 Å². The van der Waals surface area contributed by atoms with E-state index in [9.17, 15) is 18.0 Å². The molecule has 3 rings (SSSR count). The molecule has 0 saturated heterocycles. The molecule has 30 heavy (non-hydrogen) atoms. The molecule has 6 nitrogen and oxygen atoms in total. The lowest BCUT2D eigenvalue weighted by Gasteiger charge is -2.21. The minimum atomic E-state index is -3.82. The third-order valence-corrected chi connectivity index (χ3v) is 7.17. The highest BCUT2D eigenvalue weighted by Crippen LogP contribution is 2.30. The Morgan fingerprint density at radius 2 is 1.70 bits per heavy atom. The molecule has 2 amide bonds. The predicted molar refractivity (Wildman–Crippen MR) is 116 cm³/mol. The molecule has 1 heterocycles. The molecule has 2 aromatic rings. The molecule has 1 aliphatic rings. The second kappa shape index (κ2) is 8.22. The summed E-state index contributed by atoms with van der Waals surface area (Å²) in [5, 5.41) is 2.94. The van der Waals surface area contributed by atoms with Gasteiger partial charge in [-0.3, -0.25) is 9.59 Å². The Bertz CT molecular complexity index is 1050. The van der Waals surface area contributed by atoms with Crippen molar-refractivity contribution in [1.29, 1.82) is 0 Å². The van der Waals surface area contributed by atoms with Gasteiger partial charge in [0.1, 0.15) is 4.90 Å². The molecule has 2 aromatic carbocycles. The van der Waals surface area contributed by atoms with Gasteiger partial charge in [0, 0.05) is 13.0 Å². The van der Waals surface area contributed by atoms with Crippen molar-refractivity contribution in [2.24, 2.45) is 0 Å². The number of sulfonamides is 1. The van der Waals surface area contributed by atoms with Gasteiger partial charge in [-0.15, -0.1) is 0 Å². The number of nitrogens with zero attached hydrogens (tertiary/aromatic N) is 1. The first-order valence-corrected chi connectivity index (χ1v) is 11.5. The lowest BCUT2D eigenvalue weighted by atomic mass is 9.86. The van der Waals surface area contributed by atoms with E-state index in [1.54, 1.807) is 12.1 Å². The maximum absolute atomic E-state index is 12.5. The number of nitrogens with one attached hydrogen (secondary N) is 1. The molecular weight excluding hydrogens is 400 g/mol. The number of hydrogen-bond donors (Lipinski definition) is 1. The van der Waals surface area contributed by atoms with E-state index in [1.165, 1.54) is 17.7 Å². The normalized spacial score (nSPS) is 16.3. The third-order valence-electron chi connectivity index (χ3n) is 5.33. The van der Waals surface area contributed by atoms with Gasteiger partial charge in [0.05, 0.1) is 11.6 Å². The van der Waals surface area contributed by atoms with Gasteiger partial charge < -0.3 is 5.32 Å². The zero-order valence-electron chi connectivity index (χ0n) is 17.8. The van der Waals surface area contributed by atoms with Gasteiger partial charge in [-0.25, -0.2) is 12.7 Å². The number of amides is 2. The highest BCUT2D eigenvalue weighted by molar-refractivity contribution is 7.90. The van der Waals surface area contributed by atoms with E-state index < -0.39 is 15.9 Å². The maximum atomic E-state index is 12.5. The molecule has 1 N–H and O–H groups in total. The second-order valence-electron chi connectivity index (χ2n) is 8.64. The van der Waals surface area contributed by atoms with Gasteiger partial charge in [0.15, 0.2) is 0 Å². The lowest BCUT2D eigenvalue weighted by Crippen LogP contribution is -2.32. The topological polar surface area (TPSA) is 83.6 Å². The van der Waals surface area contributed by atoms with Crippen LogP contribution in [0.4, 0.5) is 0 Å². The Hall–Kier alpha value is -2.67. The fourth-order valence-corrected chi connectivity index (χ4v) is 5.11. The Kier molecular flexibility index (Phi) is 6.04. The fourth-order valence-electron chi connectivity index (χ4n) is 3.50. The fraction of sp³-hybridized carbons (Fsp3) is 0.391. The van der Waals surface area contributed by atoms with Crippen LogP contribution in [0.3, 0.4) is 0 Å². The Labute approximate surface area is 178 Å². The summed E-state index contributed by atoms with van der Waals surface area (Å²) in [5.41, 5.74) is 2.48. The van der Waals surface area contributed by atoms with E-state index in [0.717, 1.165) is 9.87 Å². The summed E-state index contributed by atoms with van der Waals surface area (Å²) in [7, 11) is -3.82. The minimum absolute atomic E-state index is 0.0159. The van der Waals surface area contributed by atoms with Gasteiger partial charge in [0.2, 0.25) is 5.91 Å². The molecule has 0 saturated carbocycles. The number of fused-ring (bicyclic) bond motifs is 1. The Morgan fingerprint density at radius 3 is 2.30 bits per heavy atom. The average Bonchev–Trinajstić information content (AvgIpc) is 2.88. The highest BCUT2D eigenvalue weighted by Gasteiger charge is 2.40. The van der Waals surface area contributed by atoms with Crippen LogP contribution in [0.25, 0.3) is 0 Å². The summed E-state index contributed by atoms with van der Waals surface area (Å²) < 4.78 is 25.9. The van der Waals surface area contributed by atoms with Gasteiger partial charge in [-0.05, 0) is 42.0 Å². The minimum Gasteiger partial charge on any atom is -0.350 e. The predicted octanol–water partition coefficient (Wildman–Crippen LogP) is 3.79. The Morgan fingerprint density at radius 1 is 1.07 bits per heavy atom. The van der Waals surface area contributed by atoms with Crippen LogP contribution in [0.5, 0.6) is 0 Å². The van der Waals surface area contributed by atoms with Crippen molar-refractivity contribution in [2.75, 3.05) is 6.54 Å². The van der Waals surface area contributed by atoms with Crippen LogP contribution in [-0.2, 0) is 20.2 Å². The van der Waals surface area contributed by atoms with Crippen molar-refractivity contribution in [3.63, 3.8) is 0 Å². The summed E-state index contributed by atoms with van der Waals surface area (Å²) in [6.45, 7) is 8.35. The smallest absolute Gasteiger partial charge is 0.269 e. The van der Waals surface area contributed by atoms with Gasteiger partial charge >= 0.3 is 0 Å². The summed E-state index contributed by atoms with van der Waals surface area (Å²) in [4.78, 5) is 24.8. The lowest BCUT2D eigenvalue weighted by molar-refractivity contribution is -0.121. The molecule has 160 valence electrons. The average molecular weight is 429 g/mol. The van der Waals surface area contributed by atoms with Crippen molar-refractivity contribution in [1.82, 2.24) is 9.62 Å². The highest BCUT2D eigenvalue weighted by atomic mass is 32.2. The molecule has 0 bridgehead atoms. The number of benzene rings is 2. The Balaban J connectivity index is 1.54. The van der Waals surface area contributed by atoms with Crippen LogP contribution in [-0.4, -0.2) is 31.1 Å². The SMILES string of the molecule is C[C@H](NC(=O)CCCN1C(=O)c2ccccc2S1(=O)=O)c1ccc(C(C)(C)C)cc1. The molecule has 0 aliphatic carbocycles. The van der Waals surface area contributed by atoms with Crippen molar-refractivity contribution >= 4 is 21.8 Å². The number of hydrogen-bond acceptors (Lipinski definition) is 4. The van der Waals surface area contributed by atoms with Crippen molar-refractivity contribution in [2.45, 2.75) is 56.9 Å². The monoisotopic (exact) mass is 428 g/mol. The summed E-state index contributed by atoms with van der Waals surface area (Å²) in [6.07, 6.45) is 0.403. The van der Waals surface area contributed by atoms with Crippen molar-refractivity contribution < 1.29 is 18.0 Å². The van der Waals surface area contributed by atoms with Gasteiger partial charge in [-0.1, -0.05) is 57.2 Å². The van der Waals surface area contributed by atoms with E-state index in [1.807, 2.05) is 19.1 Å². The molecule has 7 heteroatoms. The molecule has 1 atom stereocenters. The zero-order chi connectivity index (χ0) is 22.1. The standard InChI is InChI=1S/C23H28N2O4S/c1-16(17-11-13-18(14-12-17)23(2,3)4)24-21(26)10-7-15-25-22(27)19-8-5-6-9-20(19)30(25,28)29/h5-6,8-9,11-14,16H,7,10,15H2,1-4H3,(H,24,26)/t16-/m0/s1.